The van der Waals surface area contributed by atoms with Crippen molar-refractivity contribution < 1.29 is 23.8 Å². The molecule has 0 fully saturated rings. The summed E-state index contributed by atoms with van der Waals surface area (Å²) in [6.07, 6.45) is 0.135. The van der Waals surface area contributed by atoms with Crippen LogP contribution >= 0.6 is 0 Å². The van der Waals surface area contributed by atoms with Crippen molar-refractivity contribution in [3.8, 4) is 5.75 Å². The van der Waals surface area contributed by atoms with Crippen LogP contribution < -0.4 is 9.64 Å². The molecule has 0 saturated heterocycles. The van der Waals surface area contributed by atoms with Crippen LogP contribution in [0.4, 0.5) is 10.1 Å². The molecule has 6 heteroatoms. The maximum Gasteiger partial charge on any atom is 0.294 e. The van der Waals surface area contributed by atoms with E-state index in [4.69, 9.17) is 4.74 Å². The first-order valence-corrected chi connectivity index (χ1v) is 8.17. The number of aliphatic hydroxyl groups is 1. The lowest BCUT2D eigenvalue weighted by Gasteiger charge is -2.27. The standard InChI is InChI=1S/C20H18FNO4/c1-3-16(23)17-18(12-7-9-15(26-2)10-8-12)22(20(25)19(17)24)14-6-4-5-13(21)11-14/h4-11,18,24H,3H2,1-2H3. The van der Waals surface area contributed by atoms with Crippen LogP contribution in [0.15, 0.2) is 59.9 Å². The van der Waals surface area contributed by atoms with Gasteiger partial charge in [0.05, 0.1) is 18.7 Å². The fraction of sp³-hybridized carbons (Fsp3) is 0.200. The van der Waals surface area contributed by atoms with Gasteiger partial charge in [-0.15, -0.1) is 0 Å². The largest absolute Gasteiger partial charge is 0.503 e. The molecule has 0 saturated carbocycles. The van der Waals surface area contributed by atoms with Crippen LogP contribution in [0.5, 0.6) is 5.75 Å². The van der Waals surface area contributed by atoms with Crippen molar-refractivity contribution in [3.05, 3.63) is 71.2 Å². The van der Waals surface area contributed by atoms with E-state index in [0.717, 1.165) is 0 Å². The number of carbonyl (C=O) groups excluding carboxylic acids is 2. The predicted octanol–water partition coefficient (Wildman–Crippen LogP) is 3.71. The van der Waals surface area contributed by atoms with Gasteiger partial charge in [0.15, 0.2) is 11.5 Å². The average Bonchev–Trinajstić information content (AvgIpc) is 2.92. The number of anilines is 1. The SMILES string of the molecule is CCC(=O)C1=C(O)C(=O)N(c2cccc(F)c2)C1c1ccc(OC)cc1. The van der Waals surface area contributed by atoms with Crippen molar-refractivity contribution in [3.63, 3.8) is 0 Å². The molecule has 0 aliphatic carbocycles. The average molecular weight is 355 g/mol. The number of hydrogen-bond donors (Lipinski definition) is 1. The topological polar surface area (TPSA) is 66.8 Å². The van der Waals surface area contributed by atoms with Gasteiger partial charge in [-0.3, -0.25) is 14.5 Å². The molecule has 0 radical (unpaired) electrons. The number of nitrogens with zero attached hydrogens (tertiary/aromatic N) is 1. The van der Waals surface area contributed by atoms with E-state index in [-0.39, 0.29) is 23.5 Å². The zero-order valence-electron chi connectivity index (χ0n) is 14.4. The number of carbonyl (C=O) groups is 2. The number of methoxy groups -OCH3 is 1. The van der Waals surface area contributed by atoms with E-state index < -0.39 is 23.5 Å². The number of ether oxygens (including phenoxy) is 1. The second-order valence-electron chi connectivity index (χ2n) is 5.87. The normalized spacial score (nSPS) is 17.0. The van der Waals surface area contributed by atoms with Gasteiger partial charge in [0.25, 0.3) is 5.91 Å². The Kier molecular flexibility index (Phi) is 4.75. The number of rotatable bonds is 5. The molecule has 5 nitrogen and oxygen atoms in total. The monoisotopic (exact) mass is 355 g/mol. The zero-order valence-corrected chi connectivity index (χ0v) is 14.4. The van der Waals surface area contributed by atoms with E-state index in [9.17, 15) is 19.1 Å². The van der Waals surface area contributed by atoms with Gasteiger partial charge in [0, 0.05) is 12.1 Å². The van der Waals surface area contributed by atoms with Crippen molar-refractivity contribution in [2.75, 3.05) is 12.0 Å². The predicted molar refractivity (Wildman–Crippen MR) is 94.6 cm³/mol. The van der Waals surface area contributed by atoms with Gasteiger partial charge >= 0.3 is 0 Å². The summed E-state index contributed by atoms with van der Waals surface area (Å²) in [5.74, 6) is -1.56. The van der Waals surface area contributed by atoms with E-state index >= 15 is 0 Å². The van der Waals surface area contributed by atoms with Gasteiger partial charge < -0.3 is 9.84 Å². The molecular weight excluding hydrogens is 337 g/mol. The Morgan fingerprint density at radius 2 is 1.92 bits per heavy atom. The van der Waals surface area contributed by atoms with E-state index in [2.05, 4.69) is 0 Å². The summed E-state index contributed by atoms with van der Waals surface area (Å²) in [6.45, 7) is 1.66. The van der Waals surface area contributed by atoms with E-state index in [1.54, 1.807) is 37.3 Å². The fourth-order valence-corrected chi connectivity index (χ4v) is 3.07. The molecule has 1 atom stereocenters. The molecule has 3 rings (SSSR count). The molecular formula is C20H18FNO4. The van der Waals surface area contributed by atoms with Crippen molar-refractivity contribution in [2.24, 2.45) is 0 Å². The quantitative estimate of drug-likeness (QED) is 0.888. The summed E-state index contributed by atoms with van der Waals surface area (Å²) < 4.78 is 18.8. The first-order valence-electron chi connectivity index (χ1n) is 8.17. The highest BCUT2D eigenvalue weighted by Gasteiger charge is 2.43. The van der Waals surface area contributed by atoms with Gasteiger partial charge in [-0.2, -0.15) is 0 Å². The highest BCUT2D eigenvalue weighted by atomic mass is 19.1. The second-order valence-corrected chi connectivity index (χ2v) is 5.87. The lowest BCUT2D eigenvalue weighted by molar-refractivity contribution is -0.118. The van der Waals surface area contributed by atoms with Crippen LogP contribution in [0.2, 0.25) is 0 Å². The lowest BCUT2D eigenvalue weighted by Crippen LogP contribution is -2.31. The van der Waals surface area contributed by atoms with E-state index in [1.165, 1.54) is 30.2 Å². The smallest absolute Gasteiger partial charge is 0.294 e. The van der Waals surface area contributed by atoms with Gasteiger partial charge in [0.2, 0.25) is 0 Å². The van der Waals surface area contributed by atoms with E-state index in [1.807, 2.05) is 0 Å². The van der Waals surface area contributed by atoms with Crippen LogP contribution in [-0.4, -0.2) is 23.9 Å². The molecule has 1 unspecified atom stereocenters. The maximum absolute atomic E-state index is 13.7. The van der Waals surface area contributed by atoms with Gasteiger partial charge in [-0.25, -0.2) is 4.39 Å². The first-order chi connectivity index (χ1) is 12.5. The molecule has 1 amide bonds. The molecule has 2 aromatic carbocycles. The minimum atomic E-state index is -0.831. The number of Topliss-reactive ketones (excluding diaryl/α,β-unsaturated/α-hetero) is 1. The highest BCUT2D eigenvalue weighted by Crippen LogP contribution is 2.41. The highest BCUT2D eigenvalue weighted by molar-refractivity contribution is 6.16. The molecule has 0 spiro atoms. The Bertz CT molecular complexity index is 889. The maximum atomic E-state index is 13.7. The lowest BCUT2D eigenvalue weighted by atomic mass is 9.95. The number of ketones is 1. The number of benzene rings is 2. The zero-order chi connectivity index (χ0) is 18.8. The van der Waals surface area contributed by atoms with Gasteiger partial charge in [-0.1, -0.05) is 25.1 Å². The van der Waals surface area contributed by atoms with Crippen molar-refractivity contribution in [2.45, 2.75) is 19.4 Å². The third-order valence-corrected chi connectivity index (χ3v) is 4.35. The van der Waals surface area contributed by atoms with Crippen LogP contribution in [0.3, 0.4) is 0 Å². The molecule has 1 aliphatic rings. The summed E-state index contributed by atoms with van der Waals surface area (Å²) in [7, 11) is 1.53. The summed E-state index contributed by atoms with van der Waals surface area (Å²) >= 11 is 0. The molecule has 1 aliphatic heterocycles. The molecule has 134 valence electrons. The Labute approximate surface area is 150 Å². The molecule has 2 aromatic rings. The third-order valence-electron chi connectivity index (χ3n) is 4.35. The van der Waals surface area contributed by atoms with Crippen LogP contribution in [0, 0.1) is 5.82 Å². The number of amides is 1. The molecule has 26 heavy (non-hydrogen) atoms. The molecule has 0 bridgehead atoms. The Balaban J connectivity index is 2.16. The fourth-order valence-electron chi connectivity index (χ4n) is 3.07. The summed E-state index contributed by atoms with van der Waals surface area (Å²) in [5, 5.41) is 10.3. The number of halogens is 1. The number of aliphatic hydroxyl groups excluding tert-OH is 1. The van der Waals surface area contributed by atoms with Crippen LogP contribution in [-0.2, 0) is 9.59 Å². The van der Waals surface area contributed by atoms with Crippen LogP contribution in [0.1, 0.15) is 24.9 Å². The minimum absolute atomic E-state index is 0.0203. The number of hydrogen-bond acceptors (Lipinski definition) is 4. The van der Waals surface area contributed by atoms with Gasteiger partial charge in [0.1, 0.15) is 11.6 Å². The van der Waals surface area contributed by atoms with E-state index in [0.29, 0.717) is 11.3 Å². The molecule has 1 N–H and O–H groups in total. The molecule has 1 heterocycles. The Morgan fingerprint density at radius 3 is 2.50 bits per heavy atom. The Morgan fingerprint density at radius 1 is 1.23 bits per heavy atom. The third kappa shape index (κ3) is 2.94. The van der Waals surface area contributed by atoms with Gasteiger partial charge in [-0.05, 0) is 35.9 Å². The summed E-state index contributed by atoms with van der Waals surface area (Å²) in [5.41, 5.74) is 0.900. The second kappa shape index (κ2) is 7.00. The van der Waals surface area contributed by atoms with Crippen LogP contribution in [0.25, 0.3) is 0 Å². The first kappa shape index (κ1) is 17.7. The summed E-state index contributed by atoms with van der Waals surface area (Å²) in [4.78, 5) is 26.3. The molecule has 0 aromatic heterocycles. The summed E-state index contributed by atoms with van der Waals surface area (Å²) in [6, 6.07) is 11.5. The van der Waals surface area contributed by atoms with Crippen molar-refractivity contribution in [1.82, 2.24) is 0 Å². The minimum Gasteiger partial charge on any atom is -0.503 e. The Hall–Kier alpha value is -3.15. The van der Waals surface area contributed by atoms with Crippen molar-refractivity contribution in [1.29, 1.82) is 0 Å². The van der Waals surface area contributed by atoms with Crippen molar-refractivity contribution >= 4 is 17.4 Å².